The summed E-state index contributed by atoms with van der Waals surface area (Å²) in [7, 11) is 3.45. The predicted molar refractivity (Wildman–Crippen MR) is 70.5 cm³/mol. The van der Waals surface area contributed by atoms with E-state index < -0.39 is 0 Å². The first-order chi connectivity index (χ1) is 8.56. The molecule has 106 valence electrons. The van der Waals surface area contributed by atoms with Gasteiger partial charge in [-0.25, -0.2) is 0 Å². The van der Waals surface area contributed by atoms with Crippen molar-refractivity contribution in [2.45, 2.75) is 20.0 Å². The fourth-order valence-corrected chi connectivity index (χ4v) is 2.34. The van der Waals surface area contributed by atoms with Gasteiger partial charge in [0.2, 0.25) is 0 Å². The lowest BCUT2D eigenvalue weighted by atomic mass is 10.1. The molecular formula is C13H26N2O3. The molecule has 1 aliphatic heterocycles. The fourth-order valence-electron chi connectivity index (χ4n) is 2.34. The lowest BCUT2D eigenvalue weighted by Gasteiger charge is -2.34. The molecular weight excluding hydrogens is 232 g/mol. The Morgan fingerprint density at radius 3 is 2.94 bits per heavy atom. The number of likely N-dealkylation sites (N-methyl/N-ethyl adjacent to an activating group) is 2. The second kappa shape index (κ2) is 7.71. The highest BCUT2D eigenvalue weighted by Gasteiger charge is 2.22. The van der Waals surface area contributed by atoms with Crippen LogP contribution in [0, 0.1) is 5.92 Å². The Hall–Kier alpha value is -0.650. The number of carbonyl (C=O) groups excluding carboxylic acids is 1. The largest absolute Gasteiger partial charge is 0.469 e. The molecule has 0 bridgehead atoms. The third kappa shape index (κ3) is 4.92. The molecule has 1 rings (SSSR count). The van der Waals surface area contributed by atoms with Crippen molar-refractivity contribution >= 4 is 5.97 Å². The highest BCUT2D eigenvalue weighted by Crippen LogP contribution is 2.08. The van der Waals surface area contributed by atoms with E-state index in [1.165, 1.54) is 7.11 Å². The van der Waals surface area contributed by atoms with Gasteiger partial charge in [-0.15, -0.1) is 0 Å². The predicted octanol–water partition coefficient (Wildman–Crippen LogP) is 0.448. The monoisotopic (exact) mass is 258 g/mol. The molecule has 0 saturated carbocycles. The van der Waals surface area contributed by atoms with Crippen LogP contribution in [0.5, 0.6) is 0 Å². The standard InChI is InChI=1S/C13H26N2O3/c1-5-15-6-7-18-12(10-15)9-14(3)8-11(2)13(16)17-4/h11-12H,5-10H2,1-4H3. The van der Waals surface area contributed by atoms with Gasteiger partial charge in [-0.05, 0) is 13.6 Å². The molecule has 0 N–H and O–H groups in total. The fraction of sp³-hybridized carbons (Fsp3) is 0.923. The average Bonchev–Trinajstić information content (AvgIpc) is 2.37. The summed E-state index contributed by atoms with van der Waals surface area (Å²) in [5, 5.41) is 0. The number of hydrogen-bond donors (Lipinski definition) is 0. The van der Waals surface area contributed by atoms with Crippen LogP contribution in [0.15, 0.2) is 0 Å². The summed E-state index contributed by atoms with van der Waals surface area (Å²) >= 11 is 0. The van der Waals surface area contributed by atoms with Gasteiger partial charge in [0, 0.05) is 26.2 Å². The molecule has 1 aliphatic rings. The molecule has 0 aromatic rings. The minimum absolute atomic E-state index is 0.0918. The smallest absolute Gasteiger partial charge is 0.309 e. The molecule has 2 atom stereocenters. The molecule has 5 heteroatoms. The minimum atomic E-state index is -0.151. The molecule has 0 amide bonds. The van der Waals surface area contributed by atoms with Gasteiger partial charge in [0.25, 0.3) is 0 Å². The van der Waals surface area contributed by atoms with Crippen LogP contribution in [-0.4, -0.2) is 75.4 Å². The molecule has 5 nitrogen and oxygen atoms in total. The van der Waals surface area contributed by atoms with Crippen molar-refractivity contribution in [2.24, 2.45) is 5.92 Å². The Kier molecular flexibility index (Phi) is 6.60. The van der Waals surface area contributed by atoms with Crippen LogP contribution in [0.3, 0.4) is 0 Å². The number of nitrogens with zero attached hydrogens (tertiary/aromatic N) is 2. The van der Waals surface area contributed by atoms with E-state index in [-0.39, 0.29) is 18.0 Å². The Labute approximate surface area is 110 Å². The molecule has 0 radical (unpaired) electrons. The van der Waals surface area contributed by atoms with E-state index in [0.717, 1.165) is 32.8 Å². The zero-order valence-corrected chi connectivity index (χ0v) is 12.0. The van der Waals surface area contributed by atoms with Crippen LogP contribution >= 0.6 is 0 Å². The van der Waals surface area contributed by atoms with Crippen molar-refractivity contribution in [3.8, 4) is 0 Å². The molecule has 0 spiro atoms. The second-order valence-electron chi connectivity index (χ2n) is 5.03. The number of rotatable bonds is 6. The topological polar surface area (TPSA) is 42.0 Å². The van der Waals surface area contributed by atoms with Gasteiger partial charge in [0.05, 0.1) is 25.7 Å². The first-order valence-corrected chi connectivity index (χ1v) is 6.67. The van der Waals surface area contributed by atoms with Gasteiger partial charge in [-0.1, -0.05) is 13.8 Å². The summed E-state index contributed by atoms with van der Waals surface area (Å²) in [5.74, 6) is -0.243. The Morgan fingerprint density at radius 1 is 1.61 bits per heavy atom. The van der Waals surface area contributed by atoms with Crippen LogP contribution < -0.4 is 0 Å². The zero-order chi connectivity index (χ0) is 13.5. The normalized spacial score (nSPS) is 23.1. The lowest BCUT2D eigenvalue weighted by molar-refractivity contribution is -0.145. The number of morpholine rings is 1. The van der Waals surface area contributed by atoms with E-state index in [1.807, 2.05) is 14.0 Å². The molecule has 1 heterocycles. The van der Waals surface area contributed by atoms with Crippen LogP contribution in [0.2, 0.25) is 0 Å². The van der Waals surface area contributed by atoms with Crippen LogP contribution in [0.4, 0.5) is 0 Å². The number of hydrogen-bond acceptors (Lipinski definition) is 5. The maximum atomic E-state index is 11.3. The van der Waals surface area contributed by atoms with Crippen LogP contribution in [0.1, 0.15) is 13.8 Å². The van der Waals surface area contributed by atoms with Crippen LogP contribution in [-0.2, 0) is 14.3 Å². The molecule has 0 aliphatic carbocycles. The Morgan fingerprint density at radius 2 is 2.33 bits per heavy atom. The number of carbonyl (C=O) groups is 1. The highest BCUT2D eigenvalue weighted by atomic mass is 16.5. The maximum absolute atomic E-state index is 11.3. The Bertz CT molecular complexity index is 261. The number of ether oxygens (including phenoxy) is 2. The van der Waals surface area contributed by atoms with Crippen molar-refractivity contribution < 1.29 is 14.3 Å². The van der Waals surface area contributed by atoms with E-state index in [4.69, 9.17) is 9.47 Å². The van der Waals surface area contributed by atoms with Gasteiger partial charge in [0.1, 0.15) is 0 Å². The van der Waals surface area contributed by atoms with E-state index in [9.17, 15) is 4.79 Å². The third-order valence-electron chi connectivity index (χ3n) is 3.37. The third-order valence-corrected chi connectivity index (χ3v) is 3.37. The van der Waals surface area contributed by atoms with Gasteiger partial charge in [-0.3, -0.25) is 9.69 Å². The SMILES string of the molecule is CCN1CCOC(CN(C)CC(C)C(=O)OC)C1. The summed E-state index contributed by atoms with van der Waals surface area (Å²) in [5.41, 5.74) is 0. The summed E-state index contributed by atoms with van der Waals surface area (Å²) < 4.78 is 10.5. The average molecular weight is 258 g/mol. The zero-order valence-electron chi connectivity index (χ0n) is 12.0. The van der Waals surface area contributed by atoms with Crippen molar-refractivity contribution in [3.63, 3.8) is 0 Å². The van der Waals surface area contributed by atoms with Gasteiger partial charge < -0.3 is 14.4 Å². The molecule has 1 saturated heterocycles. The van der Waals surface area contributed by atoms with Crippen molar-refractivity contribution in [1.29, 1.82) is 0 Å². The van der Waals surface area contributed by atoms with E-state index in [2.05, 4.69) is 16.7 Å². The maximum Gasteiger partial charge on any atom is 0.309 e. The van der Waals surface area contributed by atoms with Crippen LogP contribution in [0.25, 0.3) is 0 Å². The molecule has 1 fully saturated rings. The molecule has 18 heavy (non-hydrogen) atoms. The summed E-state index contributed by atoms with van der Waals surface area (Å²) in [4.78, 5) is 15.9. The highest BCUT2D eigenvalue weighted by molar-refractivity contribution is 5.72. The van der Waals surface area contributed by atoms with E-state index >= 15 is 0 Å². The van der Waals surface area contributed by atoms with E-state index in [1.54, 1.807) is 0 Å². The minimum Gasteiger partial charge on any atom is -0.469 e. The van der Waals surface area contributed by atoms with Crippen molar-refractivity contribution in [2.75, 3.05) is 53.5 Å². The Balaban J connectivity index is 2.30. The quantitative estimate of drug-likeness (QED) is 0.647. The van der Waals surface area contributed by atoms with Gasteiger partial charge in [-0.2, -0.15) is 0 Å². The molecule has 0 aromatic heterocycles. The van der Waals surface area contributed by atoms with Gasteiger partial charge in [0.15, 0.2) is 0 Å². The summed E-state index contributed by atoms with van der Waals surface area (Å²) in [6.45, 7) is 9.51. The van der Waals surface area contributed by atoms with Crippen molar-refractivity contribution in [3.05, 3.63) is 0 Å². The lowest BCUT2D eigenvalue weighted by Crippen LogP contribution is -2.47. The number of esters is 1. The molecule has 2 unspecified atom stereocenters. The first kappa shape index (κ1) is 15.4. The summed E-state index contributed by atoms with van der Waals surface area (Å²) in [6.07, 6.45) is 0.244. The van der Waals surface area contributed by atoms with Crippen molar-refractivity contribution in [1.82, 2.24) is 9.80 Å². The summed E-state index contributed by atoms with van der Waals surface area (Å²) in [6, 6.07) is 0. The second-order valence-corrected chi connectivity index (χ2v) is 5.03. The van der Waals surface area contributed by atoms with Gasteiger partial charge >= 0.3 is 5.97 Å². The molecule has 0 aromatic carbocycles. The first-order valence-electron chi connectivity index (χ1n) is 6.67. The van der Waals surface area contributed by atoms with E-state index in [0.29, 0.717) is 6.54 Å². The number of methoxy groups -OCH3 is 1.